The lowest BCUT2D eigenvalue weighted by Gasteiger charge is -2.22. The van der Waals surface area contributed by atoms with Crippen molar-refractivity contribution in [2.75, 3.05) is 19.8 Å². The van der Waals surface area contributed by atoms with E-state index in [-0.39, 0.29) is 11.5 Å². The zero-order chi connectivity index (χ0) is 18.6. The highest BCUT2D eigenvalue weighted by Crippen LogP contribution is 2.24. The minimum absolute atomic E-state index is 0.0676. The summed E-state index contributed by atoms with van der Waals surface area (Å²) in [4.78, 5) is 27.3. The van der Waals surface area contributed by atoms with E-state index in [2.05, 4.69) is 10.3 Å². The number of H-pyrrole nitrogens is 1. The lowest BCUT2D eigenvalue weighted by atomic mass is 9.99. The molecule has 5 heteroatoms. The maximum atomic E-state index is 12.5. The van der Waals surface area contributed by atoms with E-state index in [0.29, 0.717) is 23.4 Å². The average Bonchev–Trinajstić information content (AvgIpc) is 2.73. The number of rotatable bonds is 4. The maximum Gasteiger partial charge on any atom is 0.255 e. The van der Waals surface area contributed by atoms with Crippen molar-refractivity contribution >= 4 is 16.7 Å². The van der Waals surface area contributed by atoms with Gasteiger partial charge in [-0.15, -0.1) is 0 Å². The summed E-state index contributed by atoms with van der Waals surface area (Å²) in [5, 5.41) is 4.58. The van der Waals surface area contributed by atoms with Crippen LogP contribution in [0.3, 0.4) is 0 Å². The summed E-state index contributed by atoms with van der Waals surface area (Å²) in [7, 11) is 0. The van der Waals surface area contributed by atoms with Crippen molar-refractivity contribution in [3.8, 4) is 11.1 Å². The van der Waals surface area contributed by atoms with Gasteiger partial charge in [-0.1, -0.05) is 24.3 Å². The van der Waals surface area contributed by atoms with Gasteiger partial charge in [-0.3, -0.25) is 9.59 Å². The normalized spacial score (nSPS) is 15.0. The zero-order valence-electron chi connectivity index (χ0n) is 15.0. The number of hydrogen-bond donors (Lipinski definition) is 2. The molecule has 1 aliphatic rings. The maximum absolute atomic E-state index is 12.5. The molecule has 3 aromatic rings. The zero-order valence-corrected chi connectivity index (χ0v) is 15.0. The Morgan fingerprint density at radius 2 is 1.89 bits per heavy atom. The second-order valence-electron chi connectivity index (χ2n) is 6.96. The number of ether oxygens (including phenoxy) is 1. The van der Waals surface area contributed by atoms with Gasteiger partial charge in [-0.25, -0.2) is 0 Å². The molecule has 1 aliphatic heterocycles. The minimum Gasteiger partial charge on any atom is -0.381 e. The van der Waals surface area contributed by atoms with E-state index in [9.17, 15) is 9.59 Å². The molecular weight excluding hydrogens is 340 g/mol. The molecule has 0 aliphatic carbocycles. The first-order chi connectivity index (χ1) is 13.2. The standard InChI is InChI=1S/C22H22N2O3/c25-21(24-14-15-7-10-27-11-8-15)19-3-1-2-17(12-19)18-5-4-16-6-9-23-22(26)20(16)13-18/h1-6,9,12-13,15H,7-8,10-11,14H2,(H,23,26)(H,24,25). The van der Waals surface area contributed by atoms with Crippen LogP contribution in [0.1, 0.15) is 23.2 Å². The van der Waals surface area contributed by atoms with E-state index in [4.69, 9.17) is 4.74 Å². The number of carbonyl (C=O) groups is 1. The number of carbonyl (C=O) groups excluding carboxylic acids is 1. The second kappa shape index (κ2) is 7.76. The number of aromatic nitrogens is 1. The molecule has 0 radical (unpaired) electrons. The molecule has 0 saturated carbocycles. The highest BCUT2D eigenvalue weighted by molar-refractivity contribution is 5.96. The Morgan fingerprint density at radius 3 is 2.74 bits per heavy atom. The molecule has 1 saturated heterocycles. The number of nitrogens with one attached hydrogen (secondary N) is 2. The molecule has 0 atom stereocenters. The third kappa shape index (κ3) is 3.93. The van der Waals surface area contributed by atoms with Crippen LogP contribution in [-0.2, 0) is 4.74 Å². The Kier molecular flexibility index (Phi) is 5.03. The molecule has 138 valence electrons. The van der Waals surface area contributed by atoms with Gasteiger partial charge in [0.15, 0.2) is 0 Å². The molecule has 2 aromatic carbocycles. The lowest BCUT2D eigenvalue weighted by molar-refractivity contribution is 0.0642. The van der Waals surface area contributed by atoms with Gasteiger partial charge >= 0.3 is 0 Å². The predicted octanol–water partition coefficient (Wildman–Crippen LogP) is 3.35. The van der Waals surface area contributed by atoms with Crippen molar-refractivity contribution in [1.29, 1.82) is 0 Å². The van der Waals surface area contributed by atoms with E-state index < -0.39 is 0 Å². The van der Waals surface area contributed by atoms with Crippen molar-refractivity contribution in [2.45, 2.75) is 12.8 Å². The fourth-order valence-electron chi connectivity index (χ4n) is 3.49. The number of benzene rings is 2. The van der Waals surface area contributed by atoms with Crippen molar-refractivity contribution in [3.63, 3.8) is 0 Å². The summed E-state index contributed by atoms with van der Waals surface area (Å²) >= 11 is 0. The summed E-state index contributed by atoms with van der Waals surface area (Å²) in [6.07, 6.45) is 3.63. The first-order valence-corrected chi connectivity index (χ1v) is 9.28. The number of pyridine rings is 1. The highest BCUT2D eigenvalue weighted by Gasteiger charge is 2.15. The molecule has 27 heavy (non-hydrogen) atoms. The largest absolute Gasteiger partial charge is 0.381 e. The van der Waals surface area contributed by atoms with Crippen LogP contribution in [0.25, 0.3) is 21.9 Å². The molecule has 4 rings (SSSR count). The van der Waals surface area contributed by atoms with Crippen molar-refractivity contribution in [3.05, 3.63) is 70.6 Å². The fourth-order valence-corrected chi connectivity index (χ4v) is 3.49. The van der Waals surface area contributed by atoms with E-state index >= 15 is 0 Å². The second-order valence-corrected chi connectivity index (χ2v) is 6.96. The molecule has 1 fully saturated rings. The summed E-state index contributed by atoms with van der Waals surface area (Å²) in [6, 6.07) is 15.2. The number of fused-ring (bicyclic) bond motifs is 1. The van der Waals surface area contributed by atoms with Crippen LogP contribution in [0, 0.1) is 5.92 Å². The van der Waals surface area contributed by atoms with Crippen LogP contribution in [-0.4, -0.2) is 30.6 Å². The van der Waals surface area contributed by atoms with Crippen molar-refractivity contribution in [1.82, 2.24) is 10.3 Å². The van der Waals surface area contributed by atoms with Crippen LogP contribution < -0.4 is 10.9 Å². The van der Waals surface area contributed by atoms with E-state index in [1.807, 2.05) is 48.5 Å². The van der Waals surface area contributed by atoms with Gasteiger partial charge in [0.1, 0.15) is 0 Å². The third-order valence-corrected chi connectivity index (χ3v) is 5.13. The Balaban J connectivity index is 1.54. The van der Waals surface area contributed by atoms with Crippen LogP contribution in [0.15, 0.2) is 59.5 Å². The van der Waals surface area contributed by atoms with Gasteiger partial charge < -0.3 is 15.0 Å². The molecule has 2 N–H and O–H groups in total. The van der Waals surface area contributed by atoms with Gasteiger partial charge in [0.25, 0.3) is 11.5 Å². The summed E-state index contributed by atoms with van der Waals surface area (Å²) in [5.41, 5.74) is 2.35. The third-order valence-electron chi connectivity index (χ3n) is 5.13. The molecule has 1 amide bonds. The number of hydrogen-bond acceptors (Lipinski definition) is 3. The fraction of sp³-hybridized carbons (Fsp3) is 0.273. The minimum atomic E-state index is -0.111. The number of aromatic amines is 1. The Morgan fingerprint density at radius 1 is 1.07 bits per heavy atom. The summed E-state index contributed by atoms with van der Waals surface area (Å²) in [6.45, 7) is 2.23. The Bertz CT molecular complexity index is 1020. The predicted molar refractivity (Wildman–Crippen MR) is 106 cm³/mol. The van der Waals surface area contributed by atoms with E-state index in [0.717, 1.165) is 42.6 Å². The van der Waals surface area contributed by atoms with Gasteiger partial charge in [0.05, 0.1) is 0 Å². The quantitative estimate of drug-likeness (QED) is 0.748. The van der Waals surface area contributed by atoms with Gasteiger partial charge in [-0.05, 0) is 59.5 Å². The molecule has 0 unspecified atom stereocenters. The van der Waals surface area contributed by atoms with E-state index in [1.165, 1.54) is 0 Å². The topological polar surface area (TPSA) is 71.2 Å². The van der Waals surface area contributed by atoms with Gasteiger partial charge in [0.2, 0.25) is 0 Å². The highest BCUT2D eigenvalue weighted by atomic mass is 16.5. The molecule has 0 spiro atoms. The van der Waals surface area contributed by atoms with Crippen LogP contribution in [0.4, 0.5) is 0 Å². The Labute approximate surface area is 157 Å². The molecule has 2 heterocycles. The van der Waals surface area contributed by atoms with Gasteiger partial charge in [0, 0.05) is 36.9 Å². The smallest absolute Gasteiger partial charge is 0.255 e. The molecular formula is C22H22N2O3. The first kappa shape index (κ1) is 17.5. The molecule has 0 bridgehead atoms. The number of amides is 1. The summed E-state index contributed by atoms with van der Waals surface area (Å²) < 4.78 is 5.36. The molecule has 1 aromatic heterocycles. The van der Waals surface area contributed by atoms with Crippen LogP contribution in [0.2, 0.25) is 0 Å². The Hall–Kier alpha value is -2.92. The van der Waals surface area contributed by atoms with Crippen molar-refractivity contribution in [2.24, 2.45) is 5.92 Å². The van der Waals surface area contributed by atoms with E-state index in [1.54, 1.807) is 6.20 Å². The first-order valence-electron chi connectivity index (χ1n) is 9.28. The lowest BCUT2D eigenvalue weighted by Crippen LogP contribution is -2.32. The SMILES string of the molecule is O=C(NCC1CCOCC1)c1cccc(-c2ccc3cc[nH]c(=O)c3c2)c1. The van der Waals surface area contributed by atoms with Crippen LogP contribution in [0.5, 0.6) is 0 Å². The van der Waals surface area contributed by atoms with Crippen molar-refractivity contribution < 1.29 is 9.53 Å². The van der Waals surface area contributed by atoms with Crippen LogP contribution >= 0.6 is 0 Å². The average molecular weight is 362 g/mol. The summed E-state index contributed by atoms with van der Waals surface area (Å²) in [5.74, 6) is 0.417. The monoisotopic (exact) mass is 362 g/mol. The van der Waals surface area contributed by atoms with Gasteiger partial charge in [-0.2, -0.15) is 0 Å². The molecule has 5 nitrogen and oxygen atoms in total.